The van der Waals surface area contributed by atoms with Gasteiger partial charge in [0.05, 0.1) is 43.2 Å². The molecule has 6 N–H and O–H groups in total. The number of nitrogens with two attached hydrogens (primary N) is 2. The molecule has 0 amide bonds. The Morgan fingerprint density at radius 3 is 1.44 bits per heavy atom. The monoisotopic (exact) mass is 552 g/mol. The first-order valence-electron chi connectivity index (χ1n) is 13.0. The molecule has 7 rings (SSSR count). The van der Waals surface area contributed by atoms with E-state index in [0.29, 0.717) is 11.7 Å². The van der Waals surface area contributed by atoms with Gasteiger partial charge in [0, 0.05) is 11.1 Å². The van der Waals surface area contributed by atoms with Gasteiger partial charge in [-0.25, -0.2) is 20.0 Å². The fraction of sp³-hybridized carbons (Fsp3) is 0. The molecule has 3 aromatic heterocycles. The van der Waals surface area contributed by atoms with Crippen LogP contribution in [-0.4, -0.2) is 31.6 Å². The third-order valence-electron chi connectivity index (χ3n) is 6.64. The van der Waals surface area contributed by atoms with E-state index >= 15 is 0 Å². The Morgan fingerprint density at radius 2 is 1.00 bits per heavy atom. The van der Waals surface area contributed by atoms with Crippen LogP contribution >= 0.6 is 11.3 Å². The molecule has 9 heteroatoms. The molecule has 198 valence electrons. The lowest BCUT2D eigenvalue weighted by atomic mass is 10.2. The molecule has 3 heterocycles. The molecule has 0 saturated carbocycles. The summed E-state index contributed by atoms with van der Waals surface area (Å²) < 4.78 is 0. The van der Waals surface area contributed by atoms with Crippen LogP contribution in [0.25, 0.3) is 43.5 Å². The average molecular weight is 553 g/mol. The summed E-state index contributed by atoms with van der Waals surface area (Å²) in [7, 11) is 0. The molecule has 7 aromatic rings. The molecule has 0 aliphatic heterocycles. The highest BCUT2D eigenvalue weighted by Gasteiger charge is 2.14. The van der Waals surface area contributed by atoms with E-state index in [2.05, 4.69) is 20.0 Å². The van der Waals surface area contributed by atoms with E-state index in [9.17, 15) is 0 Å². The predicted molar refractivity (Wildman–Crippen MR) is 168 cm³/mol. The number of rotatable bonds is 6. The number of nitrogens with zero attached hydrogens (tertiary/aromatic N) is 4. The average Bonchev–Trinajstić information content (AvgIpc) is 3.75. The molecule has 0 unspecified atom stereocenters. The van der Waals surface area contributed by atoms with Crippen molar-refractivity contribution in [1.82, 2.24) is 19.9 Å². The van der Waals surface area contributed by atoms with Crippen molar-refractivity contribution in [3.05, 3.63) is 120 Å². The first kappa shape index (κ1) is 24.5. The maximum absolute atomic E-state index is 6.29. The van der Waals surface area contributed by atoms with Crippen molar-refractivity contribution in [2.75, 3.05) is 0 Å². The second kappa shape index (κ2) is 10.2. The third-order valence-corrected chi connectivity index (χ3v) is 7.74. The van der Waals surface area contributed by atoms with Gasteiger partial charge in [0.2, 0.25) is 0 Å². The number of nitrogens with one attached hydrogen (secondary N) is 2. The summed E-state index contributed by atoms with van der Waals surface area (Å²) in [6.45, 7) is 0. The number of aromatic amines is 2. The molecule has 41 heavy (non-hydrogen) atoms. The Morgan fingerprint density at radius 1 is 0.561 bits per heavy atom. The zero-order chi connectivity index (χ0) is 27.8. The Bertz CT molecular complexity index is 1920. The summed E-state index contributed by atoms with van der Waals surface area (Å²) in [5, 5.41) is 0. The number of benzene rings is 4. The highest BCUT2D eigenvalue weighted by Crippen LogP contribution is 2.34. The van der Waals surface area contributed by atoms with E-state index in [1.165, 1.54) is 0 Å². The number of thiophene rings is 1. The highest BCUT2D eigenvalue weighted by molar-refractivity contribution is 7.18. The molecular weight excluding hydrogens is 528 g/mol. The Kier molecular flexibility index (Phi) is 6.10. The van der Waals surface area contributed by atoms with Crippen LogP contribution in [0.1, 0.15) is 11.1 Å². The molecule has 0 radical (unpaired) electrons. The van der Waals surface area contributed by atoms with Crippen LogP contribution in [0.3, 0.4) is 0 Å². The number of imidazole rings is 2. The standard InChI is InChI=1S/C32H24N8S/c33-29(35-21-7-3-1-4-8-21)19-11-13-23-25(17-19)39-31(37-23)27-15-16-28(41-27)32-38-24-14-12-20(18-26(24)40-32)30(34)36-22-9-5-2-6-10-22/h1-18H,(H2,33,35)(H2,34,36)(H,37,39)(H,38,40). The summed E-state index contributed by atoms with van der Waals surface area (Å²) in [6.07, 6.45) is 0. The number of para-hydroxylation sites is 2. The number of H-pyrrole nitrogens is 2. The second-order valence-electron chi connectivity index (χ2n) is 9.46. The lowest BCUT2D eigenvalue weighted by Gasteiger charge is -2.01. The van der Waals surface area contributed by atoms with Gasteiger partial charge in [-0.1, -0.05) is 36.4 Å². The van der Waals surface area contributed by atoms with E-state index in [1.54, 1.807) is 11.3 Å². The van der Waals surface area contributed by atoms with Crippen LogP contribution in [0.5, 0.6) is 0 Å². The first-order chi connectivity index (χ1) is 20.1. The maximum atomic E-state index is 6.29. The number of fused-ring (bicyclic) bond motifs is 2. The van der Waals surface area contributed by atoms with Crippen molar-refractivity contribution in [3.8, 4) is 21.4 Å². The third kappa shape index (κ3) is 4.97. The largest absolute Gasteiger partial charge is 0.383 e. The molecule has 0 saturated heterocycles. The molecule has 0 spiro atoms. The summed E-state index contributed by atoms with van der Waals surface area (Å²) in [5.74, 6) is 2.48. The van der Waals surface area contributed by atoms with Gasteiger partial charge in [-0.15, -0.1) is 11.3 Å². The molecular formula is C32H24N8S. The van der Waals surface area contributed by atoms with Crippen molar-refractivity contribution in [2.24, 2.45) is 21.5 Å². The first-order valence-corrected chi connectivity index (χ1v) is 13.8. The Balaban J connectivity index is 1.15. The summed E-state index contributed by atoms with van der Waals surface area (Å²) in [5.41, 5.74) is 19.4. The zero-order valence-corrected chi connectivity index (χ0v) is 22.6. The topological polar surface area (TPSA) is 134 Å². The highest BCUT2D eigenvalue weighted by atomic mass is 32.1. The van der Waals surface area contributed by atoms with Gasteiger partial charge in [-0.05, 0) is 72.8 Å². The minimum absolute atomic E-state index is 0.453. The van der Waals surface area contributed by atoms with Crippen LogP contribution in [0.15, 0.2) is 119 Å². The number of amidine groups is 2. The molecule has 4 aromatic carbocycles. The van der Waals surface area contributed by atoms with Crippen molar-refractivity contribution in [2.45, 2.75) is 0 Å². The van der Waals surface area contributed by atoms with E-state index in [1.807, 2.05) is 109 Å². The Hall–Kier alpha value is -5.54. The number of aliphatic imine (C=N–C) groups is 2. The van der Waals surface area contributed by atoms with Gasteiger partial charge in [0.15, 0.2) is 0 Å². The Labute approximate surface area is 239 Å². The quantitative estimate of drug-likeness (QED) is 0.132. The number of aromatic nitrogens is 4. The van der Waals surface area contributed by atoms with Crippen LogP contribution < -0.4 is 11.5 Å². The van der Waals surface area contributed by atoms with Gasteiger partial charge in [0.25, 0.3) is 0 Å². The van der Waals surface area contributed by atoms with Gasteiger partial charge in [-0.2, -0.15) is 0 Å². The van der Waals surface area contributed by atoms with Crippen molar-refractivity contribution in [1.29, 1.82) is 0 Å². The van der Waals surface area contributed by atoms with Crippen LogP contribution in [-0.2, 0) is 0 Å². The summed E-state index contributed by atoms with van der Waals surface area (Å²) in [4.78, 5) is 27.5. The van der Waals surface area contributed by atoms with Gasteiger partial charge in [0.1, 0.15) is 23.3 Å². The van der Waals surface area contributed by atoms with Gasteiger partial charge < -0.3 is 21.4 Å². The lowest BCUT2D eigenvalue weighted by Crippen LogP contribution is -2.12. The molecule has 0 aliphatic carbocycles. The summed E-state index contributed by atoms with van der Waals surface area (Å²) >= 11 is 1.61. The smallest absolute Gasteiger partial charge is 0.148 e. The zero-order valence-electron chi connectivity index (χ0n) is 21.7. The fourth-order valence-corrected chi connectivity index (χ4v) is 5.47. The molecule has 0 atom stereocenters. The van der Waals surface area contributed by atoms with E-state index in [0.717, 1.165) is 66.0 Å². The van der Waals surface area contributed by atoms with E-state index in [-0.39, 0.29) is 0 Å². The molecule has 0 aliphatic rings. The van der Waals surface area contributed by atoms with Crippen molar-refractivity contribution < 1.29 is 0 Å². The van der Waals surface area contributed by atoms with E-state index in [4.69, 9.17) is 21.4 Å². The number of hydrogen-bond acceptors (Lipinski definition) is 5. The predicted octanol–water partition coefficient (Wildman–Crippen LogP) is 6.91. The maximum Gasteiger partial charge on any atom is 0.148 e. The van der Waals surface area contributed by atoms with Crippen LogP contribution in [0, 0.1) is 0 Å². The van der Waals surface area contributed by atoms with Crippen LogP contribution in [0.2, 0.25) is 0 Å². The fourth-order valence-electron chi connectivity index (χ4n) is 4.58. The number of hydrogen-bond donors (Lipinski definition) is 4. The molecule has 8 nitrogen and oxygen atoms in total. The lowest BCUT2D eigenvalue weighted by molar-refractivity contribution is 1.36. The van der Waals surface area contributed by atoms with Crippen molar-refractivity contribution in [3.63, 3.8) is 0 Å². The minimum Gasteiger partial charge on any atom is -0.383 e. The SMILES string of the molecule is NC(=Nc1ccccc1)c1ccc2nc(-c3ccc(-c4nc5ccc(C(N)=Nc6ccccc6)cc5[nH]4)s3)[nH]c2c1. The molecule has 0 bridgehead atoms. The summed E-state index contributed by atoms with van der Waals surface area (Å²) in [6, 6.07) is 35.2. The van der Waals surface area contributed by atoms with Crippen molar-refractivity contribution >= 4 is 56.4 Å². The normalized spacial score (nSPS) is 12.4. The van der Waals surface area contributed by atoms with Crippen LogP contribution in [0.4, 0.5) is 11.4 Å². The van der Waals surface area contributed by atoms with E-state index < -0.39 is 0 Å². The second-order valence-corrected chi connectivity index (χ2v) is 10.5. The molecule has 0 fully saturated rings. The van der Waals surface area contributed by atoms with Gasteiger partial charge in [-0.3, -0.25) is 0 Å². The van der Waals surface area contributed by atoms with Gasteiger partial charge >= 0.3 is 0 Å². The minimum atomic E-state index is 0.453.